The van der Waals surface area contributed by atoms with Gasteiger partial charge in [-0.15, -0.1) is 0 Å². The van der Waals surface area contributed by atoms with E-state index < -0.39 is 0 Å². The number of nitrogens with zero attached hydrogens (tertiary/aromatic N) is 2. The lowest BCUT2D eigenvalue weighted by atomic mass is 9.89. The van der Waals surface area contributed by atoms with Crippen LogP contribution in [0, 0.1) is 90.0 Å². The van der Waals surface area contributed by atoms with Crippen LogP contribution in [0.5, 0.6) is 0 Å². The predicted molar refractivity (Wildman–Crippen MR) is 275 cm³/mol. The smallest absolute Gasteiger partial charge is 0.152 e. The van der Waals surface area contributed by atoms with Crippen molar-refractivity contribution in [2.45, 2.75) is 104 Å². The van der Waals surface area contributed by atoms with E-state index in [2.05, 4.69) is 187 Å². The Morgan fingerprint density at radius 1 is 0.338 bits per heavy atom. The second-order valence-corrected chi connectivity index (χ2v) is 19.2. The summed E-state index contributed by atoms with van der Waals surface area (Å²) in [6.07, 6.45) is 1.02. The van der Waals surface area contributed by atoms with E-state index in [-0.39, 0.29) is 0 Å². The van der Waals surface area contributed by atoms with E-state index >= 15 is 0 Å². The second-order valence-electron chi connectivity index (χ2n) is 19.2. The molecular formula is C60H60N4O. The van der Waals surface area contributed by atoms with E-state index in [1.165, 1.54) is 72.3 Å². The number of carbonyl (C=O) groups is 1. The minimum Gasteiger partial charge on any atom is -0.355 e. The topological polar surface area (TPSA) is 74.4 Å². The summed E-state index contributed by atoms with van der Waals surface area (Å²) in [5, 5.41) is 0. The standard InChI is InChI=1S/C60H60N4O/c1-29-16-33(5)53(34(6)17-29)57-41(13)45-24-50-58(54-35(7)18-30(2)19-36(54)8)43(15)47(62-50)26-52-60(56-39(11)22-32(4)23-40(56)12)44(28-65)48(64-52)27-51-59(42(14)46(63-51)25-49(57)61-45)55-37(9)20-31(3)21-38(55)10/h16-28,61,64H,1-15H3. The summed E-state index contributed by atoms with van der Waals surface area (Å²) in [6, 6.07) is 26.8. The zero-order chi connectivity index (χ0) is 46.5. The van der Waals surface area contributed by atoms with E-state index in [0.717, 1.165) is 101 Å². The van der Waals surface area contributed by atoms with Gasteiger partial charge in [0, 0.05) is 44.4 Å². The molecule has 5 nitrogen and oxygen atoms in total. The molecule has 5 heteroatoms. The van der Waals surface area contributed by atoms with Gasteiger partial charge in [-0.3, -0.25) is 4.79 Å². The van der Waals surface area contributed by atoms with Gasteiger partial charge in [-0.05, 0) is 212 Å². The zero-order valence-corrected chi connectivity index (χ0v) is 40.8. The first-order valence-electron chi connectivity index (χ1n) is 22.8. The van der Waals surface area contributed by atoms with Crippen LogP contribution in [0.25, 0.3) is 66.6 Å². The van der Waals surface area contributed by atoms with Crippen LogP contribution >= 0.6 is 0 Å². The monoisotopic (exact) mass is 852 g/mol. The third-order valence-corrected chi connectivity index (χ3v) is 13.9. The van der Waals surface area contributed by atoms with Crippen molar-refractivity contribution in [1.29, 1.82) is 0 Å². The normalized spacial score (nSPS) is 12.8. The highest BCUT2D eigenvalue weighted by molar-refractivity contribution is 6.08. The third kappa shape index (κ3) is 7.22. The Bertz CT molecular complexity index is 3400. The molecule has 2 aliphatic heterocycles. The Morgan fingerprint density at radius 3 is 1.03 bits per heavy atom. The van der Waals surface area contributed by atoms with E-state index in [4.69, 9.17) is 9.97 Å². The Labute approximate surface area is 384 Å². The number of aromatic nitrogens is 4. The maximum atomic E-state index is 13.8. The number of hydrogen-bond acceptors (Lipinski definition) is 3. The van der Waals surface area contributed by atoms with Gasteiger partial charge in [0.15, 0.2) is 6.29 Å². The lowest BCUT2D eigenvalue weighted by Crippen LogP contribution is -1.96. The average Bonchev–Trinajstić information content (AvgIpc) is 3.88. The van der Waals surface area contributed by atoms with E-state index in [9.17, 15) is 4.79 Å². The summed E-state index contributed by atoms with van der Waals surface area (Å²) in [6.45, 7) is 32.8. The van der Waals surface area contributed by atoms with Gasteiger partial charge < -0.3 is 9.97 Å². The molecule has 0 atom stereocenters. The summed E-state index contributed by atoms with van der Waals surface area (Å²) >= 11 is 0. The van der Waals surface area contributed by atoms with Gasteiger partial charge in [0.2, 0.25) is 0 Å². The molecule has 3 aromatic heterocycles. The molecule has 8 bridgehead atoms. The van der Waals surface area contributed by atoms with Gasteiger partial charge in [0.05, 0.1) is 28.3 Å². The zero-order valence-electron chi connectivity index (χ0n) is 40.8. The van der Waals surface area contributed by atoms with Crippen molar-refractivity contribution in [3.05, 3.63) is 185 Å². The molecule has 0 spiro atoms. The molecule has 0 saturated heterocycles. The Morgan fingerprint density at radius 2 is 0.646 bits per heavy atom. The predicted octanol–water partition coefficient (Wildman–Crippen LogP) is 15.4. The summed E-state index contributed by atoms with van der Waals surface area (Å²) in [5.74, 6) is 0. The second kappa shape index (κ2) is 16.0. The number of hydrogen-bond donors (Lipinski definition) is 2. The van der Waals surface area contributed by atoms with Crippen molar-refractivity contribution in [3.63, 3.8) is 0 Å². The van der Waals surface area contributed by atoms with Crippen LogP contribution in [0.3, 0.4) is 0 Å². The van der Waals surface area contributed by atoms with Gasteiger partial charge in [-0.25, -0.2) is 9.97 Å². The molecule has 0 aliphatic carbocycles. The molecule has 0 amide bonds. The van der Waals surface area contributed by atoms with Crippen LogP contribution < -0.4 is 0 Å². The summed E-state index contributed by atoms with van der Waals surface area (Å²) in [5.41, 5.74) is 34.1. The maximum absolute atomic E-state index is 13.8. The van der Waals surface area contributed by atoms with Crippen molar-refractivity contribution in [2.75, 3.05) is 0 Å². The highest BCUT2D eigenvalue weighted by atomic mass is 16.1. The molecule has 7 aromatic rings. The van der Waals surface area contributed by atoms with Crippen molar-refractivity contribution in [3.8, 4) is 22.3 Å². The summed E-state index contributed by atoms with van der Waals surface area (Å²) < 4.78 is 0. The molecular weight excluding hydrogens is 793 g/mol. The summed E-state index contributed by atoms with van der Waals surface area (Å²) in [4.78, 5) is 32.6. The number of nitrogens with one attached hydrogen (secondary N) is 2. The molecule has 2 N–H and O–H groups in total. The van der Waals surface area contributed by atoms with Crippen LogP contribution in [0.1, 0.15) is 130 Å². The number of aromatic amines is 2. The number of carbonyl (C=O) groups excluding carboxylic acids is 1. The first-order chi connectivity index (χ1) is 30.8. The van der Waals surface area contributed by atoms with E-state index in [1.54, 1.807) is 0 Å². The van der Waals surface area contributed by atoms with Crippen molar-refractivity contribution in [1.82, 2.24) is 19.9 Å². The fraction of sp³-hybridized carbons (Fsp3) is 0.250. The molecule has 4 aromatic carbocycles. The van der Waals surface area contributed by atoms with Crippen LogP contribution in [0.4, 0.5) is 0 Å². The number of allylic oxidation sites excluding steroid dienone is 2. The minimum absolute atomic E-state index is 0.600. The average molecular weight is 853 g/mol. The number of H-pyrrole nitrogens is 2. The third-order valence-electron chi connectivity index (χ3n) is 13.9. The van der Waals surface area contributed by atoms with E-state index in [1.807, 2.05) is 0 Å². The largest absolute Gasteiger partial charge is 0.355 e. The van der Waals surface area contributed by atoms with Crippen LogP contribution in [0.2, 0.25) is 0 Å². The maximum Gasteiger partial charge on any atom is 0.152 e. The molecule has 65 heavy (non-hydrogen) atoms. The fourth-order valence-electron chi connectivity index (χ4n) is 11.5. The van der Waals surface area contributed by atoms with Gasteiger partial charge in [-0.1, -0.05) is 70.8 Å². The van der Waals surface area contributed by atoms with Crippen molar-refractivity contribution in [2.24, 2.45) is 0 Å². The number of rotatable bonds is 5. The lowest BCUT2D eigenvalue weighted by Gasteiger charge is -2.14. The first-order valence-corrected chi connectivity index (χ1v) is 22.8. The Hall–Kier alpha value is -6.85. The van der Waals surface area contributed by atoms with Crippen LogP contribution in [-0.4, -0.2) is 26.2 Å². The highest BCUT2D eigenvalue weighted by Gasteiger charge is 2.27. The quantitative estimate of drug-likeness (QED) is 0.169. The molecule has 9 rings (SSSR count). The van der Waals surface area contributed by atoms with Gasteiger partial charge >= 0.3 is 0 Å². The van der Waals surface area contributed by atoms with E-state index in [0.29, 0.717) is 11.1 Å². The Balaban J connectivity index is 1.52. The van der Waals surface area contributed by atoms with Gasteiger partial charge in [0.25, 0.3) is 0 Å². The Kier molecular flexibility index (Phi) is 10.7. The molecule has 326 valence electrons. The highest BCUT2D eigenvalue weighted by Crippen LogP contribution is 2.45. The van der Waals surface area contributed by atoms with Gasteiger partial charge in [0.1, 0.15) is 0 Å². The number of aryl methyl sites for hydroxylation is 13. The first kappa shape index (κ1) is 43.4. The molecule has 0 fully saturated rings. The molecule has 2 aliphatic rings. The summed E-state index contributed by atoms with van der Waals surface area (Å²) in [7, 11) is 0. The molecule has 5 heterocycles. The minimum atomic E-state index is 0.600. The van der Waals surface area contributed by atoms with Crippen molar-refractivity contribution >= 4 is 50.6 Å². The van der Waals surface area contributed by atoms with Crippen LogP contribution in [0.15, 0.2) is 72.8 Å². The number of benzene rings is 4. The number of fused-ring (bicyclic) bond motifs is 8. The van der Waals surface area contributed by atoms with Crippen LogP contribution in [-0.2, 0) is 0 Å². The molecule has 0 saturated carbocycles. The fourth-order valence-corrected chi connectivity index (χ4v) is 11.5. The number of aldehydes is 1. The van der Waals surface area contributed by atoms with Gasteiger partial charge in [-0.2, -0.15) is 0 Å². The molecule has 0 radical (unpaired) electrons. The molecule has 0 unspecified atom stereocenters. The van der Waals surface area contributed by atoms with Crippen molar-refractivity contribution < 1.29 is 4.79 Å². The SMILES string of the molecule is CC1=C(c2c(C)cc(C)cc2C)c2cc3[nH]c(cc4nc(cc5[nH]c(cc1n2)c(-c1c(C)cc(C)cc1C)c5C=O)C(c1c(C)cc(C)cc1C)=C4C)c(-c1c(C)cc(C)cc1C)c3C. The lowest BCUT2D eigenvalue weighted by molar-refractivity contribution is 0.112.